The van der Waals surface area contributed by atoms with Gasteiger partial charge < -0.3 is 15.0 Å². The van der Waals surface area contributed by atoms with Crippen molar-refractivity contribution < 1.29 is 9.53 Å². The fraction of sp³-hybridized carbons (Fsp3) is 0.500. The van der Waals surface area contributed by atoms with Crippen molar-refractivity contribution in [1.82, 2.24) is 10.2 Å². The SMILES string of the molecule is CNCCC(=O)N1CCOCC1c1ccccc1.Cl. The highest BCUT2D eigenvalue weighted by Gasteiger charge is 2.27. The Balaban J connectivity index is 0.00000180. The van der Waals surface area contributed by atoms with Crippen molar-refractivity contribution >= 4 is 18.3 Å². The number of nitrogens with one attached hydrogen (secondary N) is 1. The number of ether oxygens (including phenoxy) is 1. The van der Waals surface area contributed by atoms with Crippen LogP contribution in [0.15, 0.2) is 30.3 Å². The van der Waals surface area contributed by atoms with Gasteiger partial charge in [-0.3, -0.25) is 4.79 Å². The summed E-state index contributed by atoms with van der Waals surface area (Å²) in [6.45, 7) is 2.63. The van der Waals surface area contributed by atoms with Gasteiger partial charge in [0.25, 0.3) is 0 Å². The number of rotatable bonds is 4. The molecule has 0 bridgehead atoms. The molecule has 1 aromatic rings. The molecule has 0 saturated carbocycles. The Morgan fingerprint density at radius 1 is 1.42 bits per heavy atom. The van der Waals surface area contributed by atoms with E-state index in [1.54, 1.807) is 0 Å². The van der Waals surface area contributed by atoms with Gasteiger partial charge in [0.2, 0.25) is 5.91 Å². The van der Waals surface area contributed by atoms with Crippen molar-refractivity contribution in [3.05, 3.63) is 35.9 Å². The largest absolute Gasteiger partial charge is 0.377 e. The second kappa shape index (κ2) is 8.15. The van der Waals surface area contributed by atoms with E-state index in [2.05, 4.69) is 17.4 Å². The lowest BCUT2D eigenvalue weighted by molar-refractivity contribution is -0.140. The third kappa shape index (κ3) is 4.20. The number of carbonyl (C=O) groups is 1. The van der Waals surface area contributed by atoms with Crippen LogP contribution in [0.5, 0.6) is 0 Å². The summed E-state index contributed by atoms with van der Waals surface area (Å²) in [6.07, 6.45) is 0.542. The molecular formula is C14H21ClN2O2. The molecule has 0 spiro atoms. The molecule has 1 unspecified atom stereocenters. The number of morpholine rings is 1. The topological polar surface area (TPSA) is 41.6 Å². The van der Waals surface area contributed by atoms with E-state index in [4.69, 9.17) is 4.74 Å². The Morgan fingerprint density at radius 3 is 2.84 bits per heavy atom. The van der Waals surface area contributed by atoms with E-state index in [1.807, 2.05) is 30.1 Å². The monoisotopic (exact) mass is 284 g/mol. The Morgan fingerprint density at radius 2 is 2.16 bits per heavy atom. The summed E-state index contributed by atoms with van der Waals surface area (Å²) in [5.74, 6) is 0.196. The summed E-state index contributed by atoms with van der Waals surface area (Å²) in [7, 11) is 1.86. The first kappa shape index (κ1) is 16.0. The molecule has 1 aliphatic heterocycles. The Kier molecular flexibility index (Phi) is 6.84. The fourth-order valence-electron chi connectivity index (χ4n) is 2.23. The number of hydrogen-bond donors (Lipinski definition) is 1. The molecule has 19 heavy (non-hydrogen) atoms. The molecule has 5 heteroatoms. The van der Waals surface area contributed by atoms with Crippen LogP contribution in [0.25, 0.3) is 0 Å². The van der Waals surface area contributed by atoms with Gasteiger partial charge in [-0.1, -0.05) is 30.3 Å². The van der Waals surface area contributed by atoms with Gasteiger partial charge in [-0.25, -0.2) is 0 Å². The van der Waals surface area contributed by atoms with Crippen molar-refractivity contribution in [3.8, 4) is 0 Å². The van der Waals surface area contributed by atoms with Crippen LogP contribution in [0.4, 0.5) is 0 Å². The molecule has 0 aromatic heterocycles. The molecule has 106 valence electrons. The molecule has 1 fully saturated rings. The van der Waals surface area contributed by atoms with Crippen LogP contribution in [-0.2, 0) is 9.53 Å². The molecule has 0 aliphatic carbocycles. The third-order valence-electron chi connectivity index (χ3n) is 3.22. The zero-order chi connectivity index (χ0) is 12.8. The maximum atomic E-state index is 12.2. The van der Waals surface area contributed by atoms with Gasteiger partial charge in [0.05, 0.1) is 19.3 Å². The van der Waals surface area contributed by atoms with Crippen LogP contribution in [0.2, 0.25) is 0 Å². The zero-order valence-electron chi connectivity index (χ0n) is 11.2. The average molecular weight is 285 g/mol. The number of amides is 1. The van der Waals surface area contributed by atoms with E-state index >= 15 is 0 Å². The lowest BCUT2D eigenvalue weighted by atomic mass is 10.0. The zero-order valence-corrected chi connectivity index (χ0v) is 12.0. The highest BCUT2D eigenvalue weighted by Crippen LogP contribution is 2.24. The molecule has 2 rings (SSSR count). The average Bonchev–Trinajstić information content (AvgIpc) is 2.45. The van der Waals surface area contributed by atoms with Crippen LogP contribution in [0.3, 0.4) is 0 Å². The second-order valence-electron chi connectivity index (χ2n) is 4.44. The maximum Gasteiger partial charge on any atom is 0.224 e. The highest BCUT2D eigenvalue weighted by atomic mass is 35.5. The summed E-state index contributed by atoms with van der Waals surface area (Å²) < 4.78 is 5.51. The van der Waals surface area contributed by atoms with Crippen LogP contribution in [0, 0.1) is 0 Å². The van der Waals surface area contributed by atoms with E-state index in [0.717, 1.165) is 12.1 Å². The molecular weight excluding hydrogens is 264 g/mol. The summed E-state index contributed by atoms with van der Waals surface area (Å²) in [4.78, 5) is 14.1. The molecule has 4 nitrogen and oxygen atoms in total. The molecule has 1 heterocycles. The molecule has 1 atom stereocenters. The summed E-state index contributed by atoms with van der Waals surface area (Å²) in [5.41, 5.74) is 1.15. The van der Waals surface area contributed by atoms with E-state index < -0.39 is 0 Å². The van der Waals surface area contributed by atoms with Crippen molar-refractivity contribution in [2.24, 2.45) is 0 Å². The van der Waals surface area contributed by atoms with Gasteiger partial charge in [-0.15, -0.1) is 12.4 Å². The number of hydrogen-bond acceptors (Lipinski definition) is 3. The minimum Gasteiger partial charge on any atom is -0.377 e. The van der Waals surface area contributed by atoms with Gasteiger partial charge in [-0.2, -0.15) is 0 Å². The molecule has 1 aromatic carbocycles. The molecule has 1 amide bonds. The second-order valence-corrected chi connectivity index (χ2v) is 4.44. The third-order valence-corrected chi connectivity index (χ3v) is 3.22. The fourth-order valence-corrected chi connectivity index (χ4v) is 2.23. The van der Waals surface area contributed by atoms with Gasteiger partial charge in [0, 0.05) is 19.5 Å². The summed E-state index contributed by atoms with van der Waals surface area (Å²) >= 11 is 0. The number of carbonyl (C=O) groups excluding carboxylic acids is 1. The lowest BCUT2D eigenvalue weighted by Crippen LogP contribution is -2.44. The normalized spacial score (nSPS) is 18.8. The van der Waals surface area contributed by atoms with E-state index in [0.29, 0.717) is 26.2 Å². The Bertz CT molecular complexity index is 386. The van der Waals surface area contributed by atoms with E-state index in [-0.39, 0.29) is 24.4 Å². The molecule has 0 radical (unpaired) electrons. The standard InChI is InChI=1S/C14H20N2O2.ClH/c1-15-8-7-14(17)16-9-10-18-11-13(16)12-5-3-2-4-6-12;/h2-6,13,15H,7-11H2,1H3;1H. The van der Waals surface area contributed by atoms with Crippen LogP contribution < -0.4 is 5.32 Å². The smallest absolute Gasteiger partial charge is 0.224 e. The summed E-state index contributed by atoms with van der Waals surface area (Å²) in [5, 5.41) is 3.01. The van der Waals surface area contributed by atoms with Gasteiger partial charge in [0.15, 0.2) is 0 Å². The number of benzene rings is 1. The maximum absolute atomic E-state index is 12.2. The van der Waals surface area contributed by atoms with Crippen LogP contribution in [-0.4, -0.2) is 44.2 Å². The molecule has 1 saturated heterocycles. The minimum absolute atomic E-state index is 0. The van der Waals surface area contributed by atoms with E-state index in [9.17, 15) is 4.79 Å². The van der Waals surface area contributed by atoms with Gasteiger partial charge in [0.1, 0.15) is 0 Å². The van der Waals surface area contributed by atoms with Crippen LogP contribution in [0.1, 0.15) is 18.0 Å². The van der Waals surface area contributed by atoms with Crippen molar-refractivity contribution in [2.75, 3.05) is 33.4 Å². The van der Waals surface area contributed by atoms with Crippen molar-refractivity contribution in [1.29, 1.82) is 0 Å². The predicted octanol–water partition coefficient (Wildman–Crippen LogP) is 1.62. The first-order valence-electron chi connectivity index (χ1n) is 6.39. The number of halogens is 1. The van der Waals surface area contributed by atoms with Crippen LogP contribution >= 0.6 is 12.4 Å². The first-order valence-corrected chi connectivity index (χ1v) is 6.39. The Hall–Kier alpha value is -1.10. The van der Waals surface area contributed by atoms with Gasteiger partial charge >= 0.3 is 0 Å². The minimum atomic E-state index is 0. The first-order chi connectivity index (χ1) is 8.83. The molecule has 1 aliphatic rings. The Labute approximate surface area is 120 Å². The van der Waals surface area contributed by atoms with E-state index in [1.165, 1.54) is 0 Å². The quantitative estimate of drug-likeness (QED) is 0.913. The predicted molar refractivity (Wildman–Crippen MR) is 77.5 cm³/mol. The highest BCUT2D eigenvalue weighted by molar-refractivity contribution is 5.85. The van der Waals surface area contributed by atoms with Crippen molar-refractivity contribution in [2.45, 2.75) is 12.5 Å². The molecule has 1 N–H and O–H groups in total. The van der Waals surface area contributed by atoms with Crippen molar-refractivity contribution in [3.63, 3.8) is 0 Å². The number of nitrogens with zero attached hydrogens (tertiary/aromatic N) is 1. The lowest BCUT2D eigenvalue weighted by Gasteiger charge is -2.36. The summed E-state index contributed by atoms with van der Waals surface area (Å²) in [6, 6.07) is 10.2. The van der Waals surface area contributed by atoms with Gasteiger partial charge in [-0.05, 0) is 12.6 Å².